The molecule has 0 bridgehead atoms. The molecule has 0 atom stereocenters. The van der Waals surface area contributed by atoms with E-state index in [2.05, 4.69) is 9.97 Å². The number of furan rings is 1. The first-order chi connectivity index (χ1) is 12.3. The summed E-state index contributed by atoms with van der Waals surface area (Å²) in [4.78, 5) is 23.9. The summed E-state index contributed by atoms with van der Waals surface area (Å²) in [6.45, 7) is 0. The molecule has 0 spiro atoms. The number of carbonyl (C=O) groups is 1. The van der Waals surface area contributed by atoms with Crippen LogP contribution in [-0.2, 0) is 12.8 Å². The zero-order valence-corrected chi connectivity index (χ0v) is 15.0. The normalized spacial score (nSPS) is 13.6. The molecule has 1 aromatic carbocycles. The molecule has 124 valence electrons. The monoisotopic (exact) mass is 366 g/mol. The number of ketones is 1. The molecule has 0 saturated heterocycles. The molecule has 0 aliphatic heterocycles. The van der Waals surface area contributed by atoms with Crippen molar-refractivity contribution in [3.8, 4) is 0 Å². The van der Waals surface area contributed by atoms with Gasteiger partial charge in [-0.25, -0.2) is 9.97 Å². The van der Waals surface area contributed by atoms with Crippen LogP contribution in [0.3, 0.4) is 0 Å². The Morgan fingerprint density at radius 2 is 2.16 bits per heavy atom. The Kier molecular flexibility index (Phi) is 3.60. The van der Waals surface area contributed by atoms with Crippen molar-refractivity contribution in [1.82, 2.24) is 9.97 Å². The van der Waals surface area contributed by atoms with E-state index < -0.39 is 0 Å². The highest BCUT2D eigenvalue weighted by Crippen LogP contribution is 2.40. The number of hydrogen-bond acceptors (Lipinski definition) is 6. The number of Topliss-reactive ketones (excluding diaryl/α,β-unsaturated/α-hetero) is 1. The summed E-state index contributed by atoms with van der Waals surface area (Å²) in [5.41, 5.74) is 2.13. The van der Waals surface area contributed by atoms with Crippen LogP contribution in [0, 0.1) is 0 Å². The zero-order chi connectivity index (χ0) is 16.8. The average molecular weight is 366 g/mol. The first kappa shape index (κ1) is 15.1. The number of benzene rings is 1. The summed E-state index contributed by atoms with van der Waals surface area (Å²) in [5, 5.41) is 3.02. The third kappa shape index (κ3) is 2.56. The van der Waals surface area contributed by atoms with Gasteiger partial charge in [0.05, 0.1) is 5.75 Å². The summed E-state index contributed by atoms with van der Waals surface area (Å²) in [6, 6.07) is 9.49. The fraction of sp³-hybridized carbons (Fsp3) is 0.211. The average Bonchev–Trinajstić information content (AvgIpc) is 3.32. The van der Waals surface area contributed by atoms with E-state index in [0.717, 1.165) is 39.1 Å². The van der Waals surface area contributed by atoms with Crippen molar-refractivity contribution in [2.75, 3.05) is 5.75 Å². The fourth-order valence-electron chi connectivity index (χ4n) is 3.33. The Bertz CT molecular complexity index is 1080. The molecule has 0 radical (unpaired) electrons. The molecule has 1 aliphatic carbocycles. The van der Waals surface area contributed by atoms with E-state index in [1.165, 1.54) is 28.6 Å². The van der Waals surface area contributed by atoms with Crippen LogP contribution in [0.1, 0.15) is 27.4 Å². The van der Waals surface area contributed by atoms with Crippen molar-refractivity contribution in [2.24, 2.45) is 0 Å². The lowest BCUT2D eigenvalue weighted by Gasteiger charge is -2.02. The van der Waals surface area contributed by atoms with Gasteiger partial charge < -0.3 is 4.42 Å². The summed E-state index contributed by atoms with van der Waals surface area (Å²) < 4.78 is 5.67. The molecule has 0 amide bonds. The quantitative estimate of drug-likeness (QED) is 0.292. The Balaban J connectivity index is 1.42. The molecule has 0 unspecified atom stereocenters. The predicted octanol–water partition coefficient (Wildman–Crippen LogP) is 4.90. The number of para-hydroxylation sites is 1. The van der Waals surface area contributed by atoms with E-state index in [1.54, 1.807) is 17.7 Å². The largest absolute Gasteiger partial charge is 0.453 e. The molecule has 3 heterocycles. The Hall–Kier alpha value is -2.18. The summed E-state index contributed by atoms with van der Waals surface area (Å²) >= 11 is 3.25. The van der Waals surface area contributed by atoms with E-state index in [0.29, 0.717) is 11.5 Å². The van der Waals surface area contributed by atoms with Gasteiger partial charge in [0.25, 0.3) is 0 Å². The molecular formula is C19H14N2O2S2. The maximum Gasteiger partial charge on any atom is 0.208 e. The van der Waals surface area contributed by atoms with Gasteiger partial charge in [-0.2, -0.15) is 0 Å². The van der Waals surface area contributed by atoms with Crippen LogP contribution in [0.15, 0.2) is 46.1 Å². The molecule has 3 aromatic heterocycles. The lowest BCUT2D eigenvalue weighted by molar-refractivity contribution is 0.0994. The second-order valence-electron chi connectivity index (χ2n) is 6.08. The minimum absolute atomic E-state index is 0.0140. The van der Waals surface area contributed by atoms with Gasteiger partial charge in [0.15, 0.2) is 5.76 Å². The van der Waals surface area contributed by atoms with Crippen molar-refractivity contribution in [3.63, 3.8) is 0 Å². The SMILES string of the molecule is O=C(CSc1ncnc2sc3c(c12)CCC3)c1cc2ccccc2o1. The summed E-state index contributed by atoms with van der Waals surface area (Å²) in [7, 11) is 0. The van der Waals surface area contributed by atoms with Crippen LogP contribution in [0.2, 0.25) is 0 Å². The predicted molar refractivity (Wildman–Crippen MR) is 101 cm³/mol. The van der Waals surface area contributed by atoms with Crippen LogP contribution in [-0.4, -0.2) is 21.5 Å². The molecule has 6 heteroatoms. The van der Waals surface area contributed by atoms with Crippen molar-refractivity contribution >= 4 is 50.1 Å². The first-order valence-electron chi connectivity index (χ1n) is 8.19. The van der Waals surface area contributed by atoms with Crippen LogP contribution < -0.4 is 0 Å². The number of fused-ring (bicyclic) bond motifs is 4. The zero-order valence-electron chi connectivity index (χ0n) is 13.3. The molecular weight excluding hydrogens is 352 g/mol. The molecule has 4 aromatic rings. The molecule has 4 nitrogen and oxygen atoms in total. The van der Waals surface area contributed by atoms with Gasteiger partial charge >= 0.3 is 0 Å². The maximum atomic E-state index is 12.5. The summed E-state index contributed by atoms with van der Waals surface area (Å²) in [6.07, 6.45) is 5.03. The van der Waals surface area contributed by atoms with Crippen molar-refractivity contribution in [1.29, 1.82) is 0 Å². The van der Waals surface area contributed by atoms with Gasteiger partial charge in [-0.3, -0.25) is 4.79 Å². The molecule has 1 aliphatic rings. The second kappa shape index (κ2) is 5.97. The smallest absolute Gasteiger partial charge is 0.208 e. The van der Waals surface area contributed by atoms with E-state index in [4.69, 9.17) is 4.42 Å². The number of thiophene rings is 1. The second-order valence-corrected chi connectivity index (χ2v) is 8.12. The number of hydrogen-bond donors (Lipinski definition) is 0. The van der Waals surface area contributed by atoms with Gasteiger partial charge in [-0.05, 0) is 37.0 Å². The highest BCUT2D eigenvalue weighted by atomic mass is 32.2. The topological polar surface area (TPSA) is 56.0 Å². The van der Waals surface area contributed by atoms with Crippen LogP contribution >= 0.6 is 23.1 Å². The maximum absolute atomic E-state index is 12.5. The third-order valence-corrected chi connectivity index (χ3v) is 6.70. The summed E-state index contributed by atoms with van der Waals surface area (Å²) in [5.74, 6) is 0.714. The lowest BCUT2D eigenvalue weighted by Crippen LogP contribution is -2.01. The van der Waals surface area contributed by atoms with E-state index >= 15 is 0 Å². The van der Waals surface area contributed by atoms with Crippen LogP contribution in [0.4, 0.5) is 0 Å². The number of rotatable bonds is 4. The van der Waals surface area contributed by atoms with E-state index in [1.807, 2.05) is 30.3 Å². The number of nitrogens with zero attached hydrogens (tertiary/aromatic N) is 2. The van der Waals surface area contributed by atoms with Crippen molar-refractivity contribution in [2.45, 2.75) is 24.3 Å². The lowest BCUT2D eigenvalue weighted by atomic mass is 10.2. The van der Waals surface area contributed by atoms with E-state index in [-0.39, 0.29) is 5.78 Å². The molecule has 0 N–H and O–H groups in total. The Labute approximate surface area is 152 Å². The molecule has 0 fully saturated rings. The number of carbonyl (C=O) groups excluding carboxylic acids is 1. The van der Waals surface area contributed by atoms with Crippen molar-refractivity contribution < 1.29 is 9.21 Å². The Morgan fingerprint density at radius 3 is 3.08 bits per heavy atom. The van der Waals surface area contributed by atoms with Gasteiger partial charge in [-0.1, -0.05) is 30.0 Å². The van der Waals surface area contributed by atoms with Gasteiger partial charge in [-0.15, -0.1) is 11.3 Å². The van der Waals surface area contributed by atoms with Gasteiger partial charge in [0, 0.05) is 15.6 Å². The standard InChI is InChI=1S/C19H14N2O2S2/c22-13(15-8-11-4-1-2-6-14(11)23-15)9-24-18-17-12-5-3-7-16(12)25-19(17)21-10-20-18/h1-2,4,6,8,10H,3,5,7,9H2. The number of aryl methyl sites for hydroxylation is 2. The highest BCUT2D eigenvalue weighted by Gasteiger charge is 2.22. The third-order valence-electron chi connectivity index (χ3n) is 4.51. The van der Waals surface area contributed by atoms with Crippen molar-refractivity contribution in [3.05, 3.63) is 52.9 Å². The van der Waals surface area contributed by atoms with Crippen LogP contribution in [0.25, 0.3) is 21.2 Å². The van der Waals surface area contributed by atoms with Gasteiger partial charge in [0.1, 0.15) is 21.8 Å². The highest BCUT2D eigenvalue weighted by molar-refractivity contribution is 8.00. The molecule has 0 saturated carbocycles. The molecule has 5 rings (SSSR count). The first-order valence-corrected chi connectivity index (χ1v) is 9.99. The van der Waals surface area contributed by atoms with Gasteiger partial charge in [0.2, 0.25) is 5.78 Å². The number of aromatic nitrogens is 2. The Morgan fingerprint density at radius 1 is 1.24 bits per heavy atom. The number of thioether (sulfide) groups is 1. The van der Waals surface area contributed by atoms with Crippen LogP contribution in [0.5, 0.6) is 0 Å². The van der Waals surface area contributed by atoms with E-state index in [9.17, 15) is 4.79 Å². The molecule has 25 heavy (non-hydrogen) atoms. The minimum atomic E-state index is -0.0140. The minimum Gasteiger partial charge on any atom is -0.453 e. The fourth-order valence-corrected chi connectivity index (χ4v) is 5.52.